The highest BCUT2D eigenvalue weighted by molar-refractivity contribution is 7.98. The maximum absolute atomic E-state index is 12.7. The molecule has 0 spiro atoms. The van der Waals surface area contributed by atoms with Crippen molar-refractivity contribution in [2.45, 2.75) is 37.0 Å². The van der Waals surface area contributed by atoms with Crippen molar-refractivity contribution in [1.82, 2.24) is 10.1 Å². The van der Waals surface area contributed by atoms with Gasteiger partial charge in [0.25, 0.3) is 5.91 Å². The highest BCUT2D eigenvalue weighted by Crippen LogP contribution is 2.27. The molecule has 28 heavy (non-hydrogen) atoms. The number of carbonyl (C=O) groups is 2. The Morgan fingerprint density at radius 2 is 2.18 bits per heavy atom. The van der Waals surface area contributed by atoms with Crippen molar-refractivity contribution >= 4 is 40.8 Å². The number of esters is 1. The summed E-state index contributed by atoms with van der Waals surface area (Å²) < 4.78 is 10.4. The predicted molar refractivity (Wildman–Crippen MR) is 107 cm³/mol. The number of hydrogen-bond acceptors (Lipinski definition) is 8. The summed E-state index contributed by atoms with van der Waals surface area (Å²) in [5.74, 6) is 0.524. The zero-order valence-electron chi connectivity index (χ0n) is 15.4. The van der Waals surface area contributed by atoms with Crippen LogP contribution in [0.1, 0.15) is 35.2 Å². The van der Waals surface area contributed by atoms with Gasteiger partial charge in [0, 0.05) is 22.1 Å². The van der Waals surface area contributed by atoms with Gasteiger partial charge in [-0.05, 0) is 25.5 Å². The standard InChI is InChI=1S/C19H19N3O4S2/c1-3-15(18(23)21-17-8-12(2)26-22-17)25-19(24)14-6-4-5-7-16(14)28-10-13-9-27-11-20-13/h4-9,11,15H,3,10H2,1-2H3,(H,21,22,23)/t15-/m0/s1. The molecule has 7 nitrogen and oxygen atoms in total. The van der Waals surface area contributed by atoms with Crippen molar-refractivity contribution < 1.29 is 18.8 Å². The zero-order valence-corrected chi connectivity index (χ0v) is 17.0. The highest BCUT2D eigenvalue weighted by atomic mass is 32.2. The second-order valence-electron chi connectivity index (χ2n) is 5.88. The molecule has 0 aliphatic carbocycles. The Morgan fingerprint density at radius 3 is 2.86 bits per heavy atom. The zero-order chi connectivity index (χ0) is 19.9. The van der Waals surface area contributed by atoms with Gasteiger partial charge in [-0.2, -0.15) is 0 Å². The fourth-order valence-electron chi connectivity index (χ4n) is 2.37. The number of ether oxygens (including phenoxy) is 1. The number of amides is 1. The highest BCUT2D eigenvalue weighted by Gasteiger charge is 2.24. The molecule has 0 bridgehead atoms. The van der Waals surface area contributed by atoms with E-state index in [1.807, 2.05) is 17.5 Å². The van der Waals surface area contributed by atoms with Gasteiger partial charge in [-0.25, -0.2) is 9.78 Å². The van der Waals surface area contributed by atoms with E-state index in [2.05, 4.69) is 15.5 Å². The van der Waals surface area contributed by atoms with Crippen LogP contribution in [0.4, 0.5) is 5.82 Å². The average Bonchev–Trinajstić information content (AvgIpc) is 3.36. The summed E-state index contributed by atoms with van der Waals surface area (Å²) in [7, 11) is 0. The van der Waals surface area contributed by atoms with Crippen LogP contribution in [-0.4, -0.2) is 28.1 Å². The van der Waals surface area contributed by atoms with Crippen LogP contribution in [0, 0.1) is 6.92 Å². The molecule has 0 fully saturated rings. The molecule has 0 aliphatic rings. The third-order valence-electron chi connectivity index (χ3n) is 3.76. The Bertz CT molecular complexity index is 940. The monoisotopic (exact) mass is 417 g/mol. The molecule has 146 valence electrons. The Kier molecular flexibility index (Phi) is 6.83. The van der Waals surface area contributed by atoms with Crippen LogP contribution in [0.3, 0.4) is 0 Å². The molecule has 0 aliphatic heterocycles. The fourth-order valence-corrected chi connectivity index (χ4v) is 3.98. The molecule has 1 amide bonds. The largest absolute Gasteiger partial charge is 0.449 e. The van der Waals surface area contributed by atoms with Crippen molar-refractivity contribution in [2.24, 2.45) is 0 Å². The number of nitrogens with zero attached hydrogens (tertiary/aromatic N) is 2. The predicted octanol–water partition coefficient (Wildman–Crippen LogP) is 4.31. The van der Waals surface area contributed by atoms with Gasteiger partial charge < -0.3 is 14.6 Å². The molecule has 1 aromatic carbocycles. The molecule has 0 saturated carbocycles. The minimum atomic E-state index is -0.930. The topological polar surface area (TPSA) is 94.3 Å². The summed E-state index contributed by atoms with van der Waals surface area (Å²) in [5, 5.41) is 8.28. The van der Waals surface area contributed by atoms with E-state index in [0.29, 0.717) is 23.5 Å². The van der Waals surface area contributed by atoms with E-state index in [-0.39, 0.29) is 5.82 Å². The summed E-state index contributed by atoms with van der Waals surface area (Å²) in [6.45, 7) is 3.49. The number of thiazole rings is 1. The summed E-state index contributed by atoms with van der Waals surface area (Å²) >= 11 is 3.03. The van der Waals surface area contributed by atoms with Crippen molar-refractivity contribution in [1.29, 1.82) is 0 Å². The van der Waals surface area contributed by atoms with E-state index in [0.717, 1.165) is 10.6 Å². The van der Waals surface area contributed by atoms with Gasteiger partial charge in [-0.1, -0.05) is 24.2 Å². The average molecular weight is 418 g/mol. The van der Waals surface area contributed by atoms with Crippen molar-refractivity contribution in [3.63, 3.8) is 0 Å². The van der Waals surface area contributed by atoms with Crippen LogP contribution in [0.2, 0.25) is 0 Å². The van der Waals surface area contributed by atoms with Crippen molar-refractivity contribution in [2.75, 3.05) is 5.32 Å². The fraction of sp³-hybridized carbons (Fsp3) is 0.263. The molecular weight excluding hydrogens is 398 g/mol. The molecule has 1 N–H and O–H groups in total. The van der Waals surface area contributed by atoms with Gasteiger partial charge in [0.15, 0.2) is 11.9 Å². The number of hydrogen-bond donors (Lipinski definition) is 1. The second-order valence-corrected chi connectivity index (χ2v) is 7.61. The molecule has 3 rings (SSSR count). The Morgan fingerprint density at radius 1 is 1.36 bits per heavy atom. The third kappa shape index (κ3) is 5.20. The lowest BCUT2D eigenvalue weighted by molar-refractivity contribution is -0.124. The number of aryl methyl sites for hydroxylation is 1. The SMILES string of the molecule is CC[C@H](OC(=O)c1ccccc1SCc1cscn1)C(=O)Nc1cc(C)on1. The van der Waals surface area contributed by atoms with Crippen molar-refractivity contribution in [3.8, 4) is 0 Å². The molecule has 2 aromatic heterocycles. The van der Waals surface area contributed by atoms with E-state index in [4.69, 9.17) is 9.26 Å². The molecule has 3 aromatic rings. The van der Waals surface area contributed by atoms with Gasteiger partial charge in [-0.15, -0.1) is 23.1 Å². The lowest BCUT2D eigenvalue weighted by atomic mass is 10.2. The van der Waals surface area contributed by atoms with Crippen LogP contribution < -0.4 is 5.32 Å². The maximum Gasteiger partial charge on any atom is 0.340 e. The first-order valence-electron chi connectivity index (χ1n) is 8.61. The summed E-state index contributed by atoms with van der Waals surface area (Å²) in [6, 6.07) is 8.76. The number of thioether (sulfide) groups is 1. The summed E-state index contributed by atoms with van der Waals surface area (Å²) in [5.41, 5.74) is 3.15. The molecule has 1 atom stereocenters. The number of anilines is 1. The van der Waals surface area contributed by atoms with Crippen molar-refractivity contribution in [3.05, 3.63) is 58.2 Å². The molecule has 0 unspecified atom stereocenters. The number of rotatable bonds is 8. The normalized spacial score (nSPS) is 11.8. The van der Waals surface area contributed by atoms with E-state index in [9.17, 15) is 9.59 Å². The first kappa shape index (κ1) is 20.1. The molecule has 9 heteroatoms. The minimum absolute atomic E-state index is 0.288. The third-order valence-corrected chi connectivity index (χ3v) is 5.50. The minimum Gasteiger partial charge on any atom is -0.449 e. The van der Waals surface area contributed by atoms with Gasteiger partial charge in [0.05, 0.1) is 16.8 Å². The molecular formula is C19H19N3O4S2. The number of aromatic nitrogens is 2. The van der Waals surface area contributed by atoms with Crippen LogP contribution in [0.25, 0.3) is 0 Å². The molecule has 0 saturated heterocycles. The van der Waals surface area contributed by atoms with Crippen LogP contribution in [0.5, 0.6) is 0 Å². The lowest BCUT2D eigenvalue weighted by Crippen LogP contribution is -2.32. The quantitative estimate of drug-likeness (QED) is 0.431. The van der Waals surface area contributed by atoms with Gasteiger partial charge >= 0.3 is 5.97 Å². The van der Waals surface area contributed by atoms with Gasteiger partial charge in [0.2, 0.25) is 0 Å². The number of nitrogens with one attached hydrogen (secondary N) is 1. The van der Waals surface area contributed by atoms with E-state index in [1.165, 1.54) is 23.1 Å². The molecule has 2 heterocycles. The molecule has 0 radical (unpaired) electrons. The number of benzene rings is 1. The summed E-state index contributed by atoms with van der Waals surface area (Å²) in [4.78, 5) is 30.1. The Labute approximate surface area is 170 Å². The summed E-state index contributed by atoms with van der Waals surface area (Å²) in [6.07, 6.45) is -0.594. The van der Waals surface area contributed by atoms with Crippen LogP contribution in [0.15, 0.2) is 50.6 Å². The van der Waals surface area contributed by atoms with Crippen LogP contribution >= 0.6 is 23.1 Å². The van der Waals surface area contributed by atoms with Crippen LogP contribution in [-0.2, 0) is 15.3 Å². The van der Waals surface area contributed by atoms with E-state index < -0.39 is 18.0 Å². The number of carbonyl (C=O) groups excluding carboxylic acids is 2. The smallest absolute Gasteiger partial charge is 0.340 e. The first-order valence-corrected chi connectivity index (χ1v) is 10.5. The van der Waals surface area contributed by atoms with Gasteiger partial charge in [0.1, 0.15) is 5.76 Å². The van der Waals surface area contributed by atoms with E-state index >= 15 is 0 Å². The Hall–Kier alpha value is -2.65. The van der Waals surface area contributed by atoms with E-state index in [1.54, 1.807) is 37.6 Å². The maximum atomic E-state index is 12.7. The van der Waals surface area contributed by atoms with Gasteiger partial charge in [-0.3, -0.25) is 4.79 Å². The second kappa shape index (κ2) is 9.52. The Balaban J connectivity index is 1.66. The first-order chi connectivity index (χ1) is 13.6. The lowest BCUT2D eigenvalue weighted by Gasteiger charge is -2.16.